The van der Waals surface area contributed by atoms with Crippen LogP contribution in [-0.2, 0) is 10.9 Å². The maximum Gasteiger partial charge on any atom is 2.00 e. The Kier molecular flexibility index (Phi) is 7.49. The molecule has 0 amide bonds. The summed E-state index contributed by atoms with van der Waals surface area (Å²) in [6.07, 6.45) is 3.63. The third-order valence-electron chi connectivity index (χ3n) is 0.333. The maximum absolute atomic E-state index is 9.97. The molecule has 0 unspecified atom stereocenters. The van der Waals surface area contributed by atoms with Crippen LogP contribution in [-0.4, -0.2) is 34.0 Å². The van der Waals surface area contributed by atoms with E-state index in [4.69, 9.17) is 0 Å². The number of hydrogen-bond donors (Lipinski definition) is 0. The molecule has 4 heteroatoms. The van der Waals surface area contributed by atoms with Gasteiger partial charge in [-0.1, -0.05) is 0 Å². The summed E-state index contributed by atoms with van der Waals surface area (Å²) in [4.78, 5) is 0. The van der Waals surface area contributed by atoms with Crippen molar-refractivity contribution in [3.63, 3.8) is 0 Å². The molecule has 0 aromatic carbocycles. The van der Waals surface area contributed by atoms with Crippen LogP contribution in [0.15, 0.2) is 0 Å². The quantitative estimate of drug-likeness (QED) is 0.289. The fraction of sp³-hybridized carbons (Fsp3) is 0.667. The van der Waals surface area contributed by atoms with Crippen molar-refractivity contribution in [2.24, 2.45) is 0 Å². The summed E-state index contributed by atoms with van der Waals surface area (Å²) in [5.74, 6) is 0. The Morgan fingerprint density at radius 1 is 1.57 bits per heavy atom. The zero-order valence-corrected chi connectivity index (χ0v) is 7.48. The molecule has 42 valence electrons. The van der Waals surface area contributed by atoms with Crippen LogP contribution >= 0.6 is 12.2 Å². The van der Waals surface area contributed by atoms with Gasteiger partial charge in [0, 0.05) is 0 Å². The van der Waals surface area contributed by atoms with E-state index in [0.29, 0.717) is 0 Å². The summed E-state index contributed by atoms with van der Waals surface area (Å²) in [5, 5.41) is 9.97. The molecule has 0 aliphatic rings. The Labute approximate surface area is 62.3 Å². The van der Waals surface area contributed by atoms with E-state index in [1.807, 2.05) is 12.5 Å². The van der Waals surface area contributed by atoms with E-state index in [-0.39, 0.29) is 32.3 Å². The van der Waals surface area contributed by atoms with Crippen molar-refractivity contribution in [3.05, 3.63) is 0 Å². The van der Waals surface area contributed by atoms with Gasteiger partial charge in [0.15, 0.2) is 0 Å². The summed E-state index contributed by atoms with van der Waals surface area (Å²) in [5.41, 5.74) is 0. The molecule has 4 radical (unpaired) electrons. The molecular weight excluding hydrogens is 195 g/mol. The van der Waals surface area contributed by atoms with Crippen LogP contribution in [0, 0.1) is 0 Å². The molecular formula is C3H6OS2Se. The van der Waals surface area contributed by atoms with Gasteiger partial charge in [0.05, 0.1) is 0 Å². The normalized spacial score (nSPS) is 9.14. The van der Waals surface area contributed by atoms with E-state index in [1.54, 1.807) is 0 Å². The van der Waals surface area contributed by atoms with Gasteiger partial charge in [-0.05, 0) is 0 Å². The minimum absolute atomic E-state index is 0. The van der Waals surface area contributed by atoms with Crippen molar-refractivity contribution in [3.8, 4) is 0 Å². The van der Waals surface area contributed by atoms with Gasteiger partial charge in [-0.15, -0.1) is 12.2 Å². The number of hydrogen-bond acceptors (Lipinski definition) is 3. The minimum atomic E-state index is -0.191. The molecule has 0 saturated carbocycles. The van der Waals surface area contributed by atoms with Gasteiger partial charge in [0.1, 0.15) is 0 Å². The van der Waals surface area contributed by atoms with Crippen LogP contribution in [0.5, 0.6) is 0 Å². The van der Waals surface area contributed by atoms with Crippen molar-refractivity contribution < 1.29 is 5.11 Å². The first-order chi connectivity index (χ1) is 2.64. The van der Waals surface area contributed by atoms with E-state index in [1.165, 1.54) is 0 Å². The molecule has 0 rings (SSSR count). The topological polar surface area (TPSA) is 23.1 Å². The first-order valence-corrected chi connectivity index (χ1v) is 3.88. The molecule has 0 aliphatic heterocycles. The average molecular weight is 201 g/mol. The second kappa shape index (κ2) is 4.91. The maximum atomic E-state index is 9.97. The molecule has 0 bridgehead atoms. The standard InChI is InChI=1S/C3H7OS2.Se/c1-6(2)3(4)5;/h1-2H3,(H,4,5);/q-1;+2/p-1. The SMILES string of the molecule is C[S-](C)C([O-])=S.[Se+2]. The summed E-state index contributed by atoms with van der Waals surface area (Å²) >= 11 is 4.28. The van der Waals surface area contributed by atoms with Crippen molar-refractivity contribution in [1.82, 2.24) is 0 Å². The van der Waals surface area contributed by atoms with E-state index < -0.39 is 0 Å². The largest absolute Gasteiger partial charge is 2.00 e. The van der Waals surface area contributed by atoms with Gasteiger partial charge in [-0.3, -0.25) is 0 Å². The molecule has 7 heavy (non-hydrogen) atoms. The van der Waals surface area contributed by atoms with Gasteiger partial charge in [-0.2, -0.15) is 16.9 Å². The van der Waals surface area contributed by atoms with Crippen molar-refractivity contribution >= 4 is 44.6 Å². The number of rotatable bonds is 0. The zero-order chi connectivity index (χ0) is 5.15. The third kappa shape index (κ3) is 6.76. The van der Waals surface area contributed by atoms with E-state index >= 15 is 0 Å². The van der Waals surface area contributed by atoms with Crippen LogP contribution in [0.1, 0.15) is 0 Å². The summed E-state index contributed by atoms with van der Waals surface area (Å²) < 4.78 is -0.130. The van der Waals surface area contributed by atoms with E-state index in [9.17, 15) is 5.11 Å². The van der Waals surface area contributed by atoms with Gasteiger partial charge < -0.3 is 16.0 Å². The predicted molar refractivity (Wildman–Crippen MR) is 37.6 cm³/mol. The molecule has 0 aromatic heterocycles. The van der Waals surface area contributed by atoms with Crippen molar-refractivity contribution in [1.29, 1.82) is 0 Å². The number of thiocarbonyl (C=S) groups is 1. The second-order valence-corrected chi connectivity index (χ2v) is 3.70. The zero-order valence-electron chi connectivity index (χ0n) is 4.13. The molecule has 0 aromatic rings. The van der Waals surface area contributed by atoms with Gasteiger partial charge in [-0.25, -0.2) is 0 Å². The molecule has 0 fully saturated rings. The van der Waals surface area contributed by atoms with Crippen LogP contribution in [0.3, 0.4) is 0 Å². The summed E-state index contributed by atoms with van der Waals surface area (Å²) in [6.45, 7) is 0. The minimum Gasteiger partial charge on any atom is -0.884 e. The van der Waals surface area contributed by atoms with E-state index in [0.717, 1.165) is 0 Å². The fourth-order valence-corrected chi connectivity index (χ4v) is 0. The molecule has 0 N–H and O–H groups in total. The Morgan fingerprint density at radius 3 is 1.71 bits per heavy atom. The van der Waals surface area contributed by atoms with Gasteiger partial charge in [0.2, 0.25) is 0 Å². The molecule has 0 heterocycles. The first kappa shape index (κ1) is 10.7. The average Bonchev–Trinajstić information content (AvgIpc) is 1.36. The molecule has 1 nitrogen and oxygen atoms in total. The van der Waals surface area contributed by atoms with Gasteiger partial charge in [0.25, 0.3) is 0 Å². The van der Waals surface area contributed by atoms with Gasteiger partial charge >= 0.3 is 17.1 Å². The van der Waals surface area contributed by atoms with Crippen LogP contribution < -0.4 is 5.11 Å². The molecule has 0 aliphatic carbocycles. The summed E-state index contributed by atoms with van der Waals surface area (Å²) in [6, 6.07) is 0. The second-order valence-electron chi connectivity index (χ2n) is 1.07. The third-order valence-corrected chi connectivity index (χ3v) is 2.00. The van der Waals surface area contributed by atoms with E-state index in [2.05, 4.69) is 12.2 Å². The fourth-order valence-electron chi connectivity index (χ4n) is 0. The smallest absolute Gasteiger partial charge is 0.884 e. The van der Waals surface area contributed by atoms with Crippen molar-refractivity contribution in [2.45, 2.75) is 0 Å². The Bertz CT molecular complexity index is 64.0. The predicted octanol–water partition coefficient (Wildman–Crippen LogP) is -0.871. The van der Waals surface area contributed by atoms with Crippen LogP contribution in [0.25, 0.3) is 0 Å². The monoisotopic (exact) mass is 202 g/mol. The Hall–Kier alpha value is 0.759. The molecule has 0 saturated heterocycles. The van der Waals surface area contributed by atoms with Crippen LogP contribution in [0.4, 0.5) is 0 Å². The molecule has 0 atom stereocenters. The first-order valence-electron chi connectivity index (χ1n) is 1.43. The Morgan fingerprint density at radius 2 is 1.71 bits per heavy atom. The summed E-state index contributed by atoms with van der Waals surface area (Å²) in [7, 11) is -0.191. The van der Waals surface area contributed by atoms with Crippen molar-refractivity contribution in [2.75, 3.05) is 12.5 Å². The Balaban J connectivity index is 0. The molecule has 0 spiro atoms. The van der Waals surface area contributed by atoms with Crippen LogP contribution in [0.2, 0.25) is 0 Å².